The summed E-state index contributed by atoms with van der Waals surface area (Å²) in [6.07, 6.45) is 7.97. The summed E-state index contributed by atoms with van der Waals surface area (Å²) in [4.78, 5) is 2.64. The molecule has 0 aromatic rings. The van der Waals surface area contributed by atoms with Gasteiger partial charge in [-0.3, -0.25) is 0 Å². The molecule has 18 heavy (non-hydrogen) atoms. The van der Waals surface area contributed by atoms with Crippen molar-refractivity contribution in [3.8, 4) is 0 Å². The monoisotopic (exact) mass is 254 g/mol. The van der Waals surface area contributed by atoms with Crippen molar-refractivity contribution >= 4 is 0 Å². The molecule has 1 unspecified atom stereocenters. The lowest BCUT2D eigenvalue weighted by molar-refractivity contribution is 0.0574. The highest BCUT2D eigenvalue weighted by molar-refractivity contribution is 4.82. The van der Waals surface area contributed by atoms with Gasteiger partial charge < -0.3 is 15.4 Å². The van der Waals surface area contributed by atoms with E-state index in [2.05, 4.69) is 11.8 Å². The zero-order valence-corrected chi connectivity index (χ0v) is 11.9. The van der Waals surface area contributed by atoms with Gasteiger partial charge in [0.15, 0.2) is 0 Å². The summed E-state index contributed by atoms with van der Waals surface area (Å²) < 4.78 is 5.58. The molecule has 2 N–H and O–H groups in total. The van der Waals surface area contributed by atoms with Crippen LogP contribution < -0.4 is 5.73 Å². The third-order valence-electron chi connectivity index (χ3n) is 4.62. The fourth-order valence-electron chi connectivity index (χ4n) is 3.53. The molecule has 2 aliphatic rings. The number of rotatable bonds is 5. The third-order valence-corrected chi connectivity index (χ3v) is 4.62. The van der Waals surface area contributed by atoms with Gasteiger partial charge in [0.2, 0.25) is 0 Å². The number of likely N-dealkylation sites (tertiary alicyclic amines) is 1. The molecule has 1 saturated carbocycles. The second kappa shape index (κ2) is 7.46. The van der Waals surface area contributed by atoms with Crippen LogP contribution in [0.5, 0.6) is 0 Å². The van der Waals surface area contributed by atoms with E-state index < -0.39 is 0 Å². The van der Waals surface area contributed by atoms with Crippen molar-refractivity contribution in [2.75, 3.05) is 32.8 Å². The maximum atomic E-state index is 6.26. The van der Waals surface area contributed by atoms with Gasteiger partial charge in [-0.05, 0) is 51.0 Å². The van der Waals surface area contributed by atoms with Crippen LogP contribution in [0.4, 0.5) is 0 Å². The van der Waals surface area contributed by atoms with Crippen LogP contribution in [0.15, 0.2) is 0 Å². The van der Waals surface area contributed by atoms with Gasteiger partial charge in [-0.2, -0.15) is 0 Å². The lowest BCUT2D eigenvalue weighted by Crippen LogP contribution is -2.45. The smallest absolute Gasteiger partial charge is 0.0506 e. The second-order valence-electron chi connectivity index (χ2n) is 6.14. The fraction of sp³-hybridized carbons (Fsp3) is 1.00. The van der Waals surface area contributed by atoms with Crippen LogP contribution in [-0.2, 0) is 4.74 Å². The first kappa shape index (κ1) is 14.3. The zero-order chi connectivity index (χ0) is 12.8. The van der Waals surface area contributed by atoms with E-state index in [0.717, 1.165) is 25.0 Å². The number of piperidine rings is 1. The van der Waals surface area contributed by atoms with Gasteiger partial charge in [0.25, 0.3) is 0 Å². The van der Waals surface area contributed by atoms with Crippen LogP contribution in [-0.4, -0.2) is 43.8 Å². The topological polar surface area (TPSA) is 38.5 Å². The van der Waals surface area contributed by atoms with Gasteiger partial charge >= 0.3 is 0 Å². The minimum atomic E-state index is 0.450. The molecule has 1 aliphatic carbocycles. The number of nitrogens with two attached hydrogens (primary N) is 1. The Bertz CT molecular complexity index is 235. The van der Waals surface area contributed by atoms with Crippen LogP contribution in [0.3, 0.4) is 0 Å². The summed E-state index contributed by atoms with van der Waals surface area (Å²) in [6.45, 7) is 7.61. The quantitative estimate of drug-likeness (QED) is 0.818. The number of ether oxygens (including phenoxy) is 1. The summed E-state index contributed by atoms with van der Waals surface area (Å²) >= 11 is 0. The van der Waals surface area contributed by atoms with E-state index >= 15 is 0 Å². The first-order valence-electron chi connectivity index (χ1n) is 7.85. The van der Waals surface area contributed by atoms with E-state index in [1.807, 2.05) is 0 Å². The van der Waals surface area contributed by atoms with Crippen molar-refractivity contribution in [2.24, 2.45) is 17.6 Å². The van der Waals surface area contributed by atoms with E-state index in [1.54, 1.807) is 0 Å². The Morgan fingerprint density at radius 3 is 2.78 bits per heavy atom. The molecule has 2 fully saturated rings. The minimum Gasteiger partial charge on any atom is -0.381 e. The van der Waals surface area contributed by atoms with Crippen molar-refractivity contribution in [3.63, 3.8) is 0 Å². The molecule has 0 spiro atoms. The van der Waals surface area contributed by atoms with E-state index in [0.29, 0.717) is 6.04 Å². The predicted octanol–water partition coefficient (Wildman–Crippen LogP) is 2.25. The standard InChI is InChI=1S/C15H30N2O/c1-2-18-12-13-6-5-9-17(10-13)11-14-7-3-4-8-15(14)16/h13-15H,2-12,16H2,1H3/t13-,14?,15-/m0/s1. The molecule has 2 rings (SSSR count). The van der Waals surface area contributed by atoms with E-state index in [9.17, 15) is 0 Å². The Balaban J connectivity index is 1.74. The van der Waals surface area contributed by atoms with Crippen LogP contribution in [0.25, 0.3) is 0 Å². The Kier molecular flexibility index (Phi) is 5.93. The predicted molar refractivity (Wildman–Crippen MR) is 75.6 cm³/mol. The molecule has 0 aromatic carbocycles. The Labute approximate surface area is 112 Å². The molecule has 1 saturated heterocycles. The minimum absolute atomic E-state index is 0.450. The largest absolute Gasteiger partial charge is 0.381 e. The highest BCUT2D eigenvalue weighted by atomic mass is 16.5. The maximum absolute atomic E-state index is 6.26. The van der Waals surface area contributed by atoms with Gasteiger partial charge in [0, 0.05) is 25.7 Å². The summed E-state index contributed by atoms with van der Waals surface area (Å²) in [7, 11) is 0. The molecule has 3 heteroatoms. The summed E-state index contributed by atoms with van der Waals surface area (Å²) in [5, 5.41) is 0. The van der Waals surface area contributed by atoms with Crippen molar-refractivity contribution in [1.82, 2.24) is 4.90 Å². The summed E-state index contributed by atoms with van der Waals surface area (Å²) in [6, 6.07) is 0.450. The van der Waals surface area contributed by atoms with Gasteiger partial charge in [-0.25, -0.2) is 0 Å². The van der Waals surface area contributed by atoms with Crippen molar-refractivity contribution < 1.29 is 4.74 Å². The highest BCUT2D eigenvalue weighted by Crippen LogP contribution is 2.26. The molecule has 3 atom stereocenters. The Hall–Kier alpha value is -0.120. The lowest BCUT2D eigenvalue weighted by atomic mass is 9.84. The van der Waals surface area contributed by atoms with Crippen molar-refractivity contribution in [2.45, 2.75) is 51.5 Å². The normalized spacial score (nSPS) is 34.7. The molecule has 1 aliphatic heterocycles. The van der Waals surface area contributed by atoms with Gasteiger partial charge in [-0.1, -0.05) is 12.8 Å². The van der Waals surface area contributed by atoms with Gasteiger partial charge in [0.05, 0.1) is 6.61 Å². The molecule has 0 aromatic heterocycles. The van der Waals surface area contributed by atoms with Crippen LogP contribution in [0.1, 0.15) is 45.4 Å². The lowest BCUT2D eigenvalue weighted by Gasteiger charge is -2.38. The number of hydrogen-bond donors (Lipinski definition) is 1. The second-order valence-corrected chi connectivity index (χ2v) is 6.14. The first-order chi connectivity index (χ1) is 8.79. The SMILES string of the molecule is CCOC[C@H]1CCCN(CC2CCCC[C@@H]2N)C1. The molecule has 106 valence electrons. The van der Waals surface area contributed by atoms with Crippen LogP contribution in [0, 0.1) is 11.8 Å². The van der Waals surface area contributed by atoms with Gasteiger partial charge in [0.1, 0.15) is 0 Å². The molecule has 3 nitrogen and oxygen atoms in total. The van der Waals surface area contributed by atoms with Gasteiger partial charge in [-0.15, -0.1) is 0 Å². The van der Waals surface area contributed by atoms with Crippen molar-refractivity contribution in [3.05, 3.63) is 0 Å². The van der Waals surface area contributed by atoms with E-state index in [-0.39, 0.29) is 0 Å². The first-order valence-corrected chi connectivity index (χ1v) is 7.85. The molecular weight excluding hydrogens is 224 g/mol. The van der Waals surface area contributed by atoms with E-state index in [1.165, 1.54) is 58.2 Å². The third kappa shape index (κ3) is 4.22. The fourth-order valence-corrected chi connectivity index (χ4v) is 3.53. The van der Waals surface area contributed by atoms with Crippen LogP contribution in [0.2, 0.25) is 0 Å². The molecular formula is C15H30N2O. The van der Waals surface area contributed by atoms with E-state index in [4.69, 9.17) is 10.5 Å². The number of nitrogens with zero attached hydrogens (tertiary/aromatic N) is 1. The average Bonchev–Trinajstić information content (AvgIpc) is 2.40. The molecule has 0 amide bonds. The molecule has 0 bridgehead atoms. The Morgan fingerprint density at radius 1 is 1.17 bits per heavy atom. The molecule has 0 radical (unpaired) electrons. The van der Waals surface area contributed by atoms with Crippen LogP contribution >= 0.6 is 0 Å². The highest BCUT2D eigenvalue weighted by Gasteiger charge is 2.26. The number of hydrogen-bond acceptors (Lipinski definition) is 3. The van der Waals surface area contributed by atoms with Crippen molar-refractivity contribution in [1.29, 1.82) is 0 Å². The summed E-state index contributed by atoms with van der Waals surface area (Å²) in [5.41, 5.74) is 6.26. The zero-order valence-electron chi connectivity index (χ0n) is 11.9. The Morgan fingerprint density at radius 2 is 2.00 bits per heavy atom. The average molecular weight is 254 g/mol. The molecule has 1 heterocycles. The summed E-state index contributed by atoms with van der Waals surface area (Å²) in [5.74, 6) is 1.49. The maximum Gasteiger partial charge on any atom is 0.0506 e.